The van der Waals surface area contributed by atoms with E-state index < -0.39 is 34.6 Å². The summed E-state index contributed by atoms with van der Waals surface area (Å²) in [4.78, 5) is 54.3. The zero-order chi connectivity index (χ0) is 17.5. The topological polar surface area (TPSA) is 147 Å². The lowest BCUT2D eigenvalue weighted by Crippen LogP contribution is -2.51. The molecule has 2 heterocycles. The summed E-state index contributed by atoms with van der Waals surface area (Å²) >= 11 is 3.94. The number of aromatic amines is 1. The van der Waals surface area contributed by atoms with Gasteiger partial charge in [0.05, 0.1) is 12.4 Å². The molecular weight excluding hydrogens is 328 g/mol. The van der Waals surface area contributed by atoms with E-state index in [-0.39, 0.29) is 17.6 Å². The Hall–Kier alpha value is -2.56. The van der Waals surface area contributed by atoms with Gasteiger partial charge in [-0.25, -0.2) is 13.8 Å². The number of aromatic nitrogens is 4. The van der Waals surface area contributed by atoms with E-state index in [4.69, 9.17) is 0 Å². The molecule has 1 unspecified atom stereocenters. The van der Waals surface area contributed by atoms with Crippen molar-refractivity contribution in [3.8, 4) is 0 Å². The van der Waals surface area contributed by atoms with Gasteiger partial charge in [0.2, 0.25) is 0 Å². The predicted molar refractivity (Wildman–Crippen MR) is 81.7 cm³/mol. The number of fused-ring (bicyclic) bond motifs is 1. The van der Waals surface area contributed by atoms with Crippen LogP contribution in [0.25, 0.3) is 11.2 Å². The molecule has 0 spiro atoms. The molecule has 0 fully saturated rings. The van der Waals surface area contributed by atoms with Gasteiger partial charge in [0.15, 0.2) is 16.6 Å². The van der Waals surface area contributed by atoms with E-state index in [1.807, 2.05) is 0 Å². The summed E-state index contributed by atoms with van der Waals surface area (Å²) in [6.07, 6.45) is 0.854. The van der Waals surface area contributed by atoms with Crippen molar-refractivity contribution in [3.05, 3.63) is 27.2 Å². The van der Waals surface area contributed by atoms with E-state index in [0.717, 1.165) is 3.97 Å². The minimum absolute atomic E-state index is 0.0282. The number of nitrogens with one attached hydrogen (secondary N) is 1. The minimum atomic E-state index is -2.34. The third kappa shape index (κ3) is 2.15. The molecule has 11 heteroatoms. The molecule has 124 valence electrons. The van der Waals surface area contributed by atoms with Crippen molar-refractivity contribution >= 4 is 35.9 Å². The number of thiol groups is 1. The molecule has 1 atom stereocenters. The molecular formula is C12H14N4O6S. The average molecular weight is 342 g/mol. The van der Waals surface area contributed by atoms with Gasteiger partial charge in [-0.1, -0.05) is 19.7 Å². The maximum Gasteiger partial charge on any atom is 0.343 e. The lowest BCUT2D eigenvalue weighted by molar-refractivity contribution is -0.168. The van der Waals surface area contributed by atoms with Crippen molar-refractivity contribution in [2.75, 3.05) is 0 Å². The van der Waals surface area contributed by atoms with Crippen LogP contribution >= 0.6 is 12.8 Å². The van der Waals surface area contributed by atoms with Gasteiger partial charge in [-0.15, -0.1) is 0 Å². The summed E-state index contributed by atoms with van der Waals surface area (Å²) < 4.78 is 1.33. The Kier molecular flexibility index (Phi) is 4.07. The highest BCUT2D eigenvalue weighted by molar-refractivity contribution is 7.78. The van der Waals surface area contributed by atoms with Crippen molar-refractivity contribution < 1.29 is 19.8 Å². The van der Waals surface area contributed by atoms with Crippen LogP contribution in [0.5, 0.6) is 0 Å². The highest BCUT2D eigenvalue weighted by Crippen LogP contribution is 2.35. The molecule has 2 aromatic rings. The van der Waals surface area contributed by atoms with Gasteiger partial charge in [-0.2, -0.15) is 0 Å². The highest BCUT2D eigenvalue weighted by atomic mass is 32.1. The summed E-state index contributed by atoms with van der Waals surface area (Å²) in [6, 6.07) is -1.45. The van der Waals surface area contributed by atoms with Crippen molar-refractivity contribution in [3.63, 3.8) is 0 Å². The van der Waals surface area contributed by atoms with E-state index in [2.05, 4.69) is 22.8 Å². The molecule has 0 aromatic carbocycles. The fourth-order valence-electron chi connectivity index (χ4n) is 2.61. The third-order valence-electron chi connectivity index (χ3n) is 4.06. The van der Waals surface area contributed by atoms with E-state index in [1.165, 1.54) is 20.2 Å². The fourth-order valence-corrected chi connectivity index (χ4v) is 2.86. The van der Waals surface area contributed by atoms with E-state index >= 15 is 0 Å². The molecule has 0 aliphatic carbocycles. The number of carboxylic acids is 2. The van der Waals surface area contributed by atoms with Crippen LogP contribution in [0, 0.1) is 5.41 Å². The number of carbonyl (C=O) groups is 2. The first-order valence-electron chi connectivity index (χ1n) is 6.56. The maximum absolute atomic E-state index is 12.5. The number of carboxylic acid groups (broad SMARTS) is 2. The number of imidazole rings is 1. The highest BCUT2D eigenvalue weighted by Gasteiger charge is 2.51. The molecule has 0 bridgehead atoms. The van der Waals surface area contributed by atoms with Gasteiger partial charge < -0.3 is 15.2 Å². The number of aliphatic carboxylic acids is 2. The summed E-state index contributed by atoms with van der Waals surface area (Å²) in [5, 5.41) is 18.8. The lowest BCUT2D eigenvalue weighted by Gasteiger charge is -2.30. The zero-order valence-electron chi connectivity index (χ0n) is 12.2. The molecule has 0 aliphatic heterocycles. The Morgan fingerprint density at radius 1 is 1.39 bits per heavy atom. The molecule has 0 saturated carbocycles. The first-order valence-corrected chi connectivity index (χ1v) is 6.96. The van der Waals surface area contributed by atoms with Gasteiger partial charge >= 0.3 is 17.6 Å². The molecule has 2 aromatic heterocycles. The monoisotopic (exact) mass is 342 g/mol. The van der Waals surface area contributed by atoms with Gasteiger partial charge in [-0.05, 0) is 13.3 Å². The molecule has 23 heavy (non-hydrogen) atoms. The Labute approximate surface area is 133 Å². The summed E-state index contributed by atoms with van der Waals surface area (Å²) in [5.41, 5.74) is -4.27. The largest absolute Gasteiger partial charge is 0.480 e. The standard InChI is InChI=1S/C12H14N4O6S/c1-3-12(9(18)19,10(20)21)5(2)15-8(17)6-7(14-4-13-6)16(23)11(15)22/h4-5,23H,3H2,1-2H3,(H,13,14)(H,18,19)(H,20,21). The predicted octanol–water partition coefficient (Wildman–Crippen LogP) is -0.294. The second kappa shape index (κ2) is 5.57. The maximum atomic E-state index is 12.5. The van der Waals surface area contributed by atoms with E-state index in [0.29, 0.717) is 4.57 Å². The molecule has 0 amide bonds. The van der Waals surface area contributed by atoms with Crippen molar-refractivity contribution in [2.45, 2.75) is 26.3 Å². The summed E-state index contributed by atoms with van der Waals surface area (Å²) in [5.74, 6) is -3.27. The SMILES string of the molecule is CCC(C(=O)O)(C(=O)O)C(C)n1c(=O)c2[nH]cnc2n(S)c1=O. The number of H-pyrrole nitrogens is 1. The van der Waals surface area contributed by atoms with Crippen LogP contribution in [0.3, 0.4) is 0 Å². The van der Waals surface area contributed by atoms with Crippen LogP contribution in [0.15, 0.2) is 15.9 Å². The van der Waals surface area contributed by atoms with Gasteiger partial charge in [0.1, 0.15) is 0 Å². The number of nitrogens with zero attached hydrogens (tertiary/aromatic N) is 3. The van der Waals surface area contributed by atoms with Gasteiger partial charge in [0.25, 0.3) is 5.56 Å². The normalized spacial score (nSPS) is 13.2. The second-order valence-corrected chi connectivity index (χ2v) is 5.38. The zero-order valence-corrected chi connectivity index (χ0v) is 13.1. The van der Waals surface area contributed by atoms with Crippen LogP contribution in [0.2, 0.25) is 0 Å². The van der Waals surface area contributed by atoms with Crippen molar-refractivity contribution in [1.29, 1.82) is 0 Å². The van der Waals surface area contributed by atoms with E-state index in [9.17, 15) is 29.4 Å². The van der Waals surface area contributed by atoms with Crippen LogP contribution < -0.4 is 11.2 Å². The second-order valence-electron chi connectivity index (χ2n) is 4.98. The molecule has 0 radical (unpaired) electrons. The van der Waals surface area contributed by atoms with Gasteiger partial charge in [-0.3, -0.25) is 19.0 Å². The van der Waals surface area contributed by atoms with Gasteiger partial charge in [0, 0.05) is 0 Å². The van der Waals surface area contributed by atoms with Crippen molar-refractivity contribution in [2.24, 2.45) is 5.41 Å². The number of hydrogen-bond acceptors (Lipinski definition) is 6. The minimum Gasteiger partial charge on any atom is -0.480 e. The van der Waals surface area contributed by atoms with E-state index in [1.54, 1.807) is 0 Å². The first-order chi connectivity index (χ1) is 10.7. The smallest absolute Gasteiger partial charge is 0.343 e. The Balaban J connectivity index is 2.87. The summed E-state index contributed by atoms with van der Waals surface area (Å²) in [6.45, 7) is 2.56. The first kappa shape index (κ1) is 16.8. The third-order valence-corrected chi connectivity index (χ3v) is 4.42. The Bertz CT molecular complexity index is 896. The Morgan fingerprint density at radius 3 is 2.43 bits per heavy atom. The molecule has 0 saturated heterocycles. The number of hydrogen-bond donors (Lipinski definition) is 4. The Morgan fingerprint density at radius 2 is 1.96 bits per heavy atom. The average Bonchev–Trinajstić information content (AvgIpc) is 2.95. The van der Waals surface area contributed by atoms with Crippen molar-refractivity contribution in [1.82, 2.24) is 18.5 Å². The van der Waals surface area contributed by atoms with Crippen LogP contribution in [0.1, 0.15) is 26.3 Å². The molecule has 3 N–H and O–H groups in total. The molecule has 10 nitrogen and oxygen atoms in total. The molecule has 0 aliphatic rings. The van der Waals surface area contributed by atoms with Crippen LogP contribution in [-0.4, -0.2) is 40.7 Å². The lowest BCUT2D eigenvalue weighted by atomic mass is 9.78. The van der Waals surface area contributed by atoms with Crippen LogP contribution in [-0.2, 0) is 9.59 Å². The van der Waals surface area contributed by atoms with Crippen LogP contribution in [0.4, 0.5) is 0 Å². The quantitative estimate of drug-likeness (QED) is 0.431. The summed E-state index contributed by atoms with van der Waals surface area (Å²) in [7, 11) is 0. The number of rotatable bonds is 5. The fraction of sp³-hybridized carbons (Fsp3) is 0.417. The molecule has 2 rings (SSSR count).